The number of imide groups is 2. The number of carbonyl (C=O) groups excluding carboxylic acids is 3. The number of hydrogen-bond donors (Lipinski definition) is 1. The number of halogens is 3. The van der Waals surface area contributed by atoms with Crippen molar-refractivity contribution >= 4 is 68.7 Å². The molecule has 1 fully saturated rings. The maximum absolute atomic E-state index is 13.2. The molecule has 1 saturated heterocycles. The third-order valence-corrected chi connectivity index (χ3v) is 6.96. The van der Waals surface area contributed by atoms with Gasteiger partial charge in [0.1, 0.15) is 12.2 Å². The highest BCUT2D eigenvalue weighted by Crippen LogP contribution is 2.38. The number of urea groups is 1. The van der Waals surface area contributed by atoms with Crippen LogP contribution in [0, 0.1) is 0 Å². The summed E-state index contributed by atoms with van der Waals surface area (Å²) in [7, 11) is 1.48. The molecule has 0 bridgehead atoms. The molecule has 3 aromatic rings. The molecule has 0 atom stereocenters. The Kier molecular flexibility index (Phi) is 8.22. The lowest BCUT2D eigenvalue weighted by atomic mass is 10.1. The minimum atomic E-state index is -0.804. The number of nitrogens with zero attached hydrogens (tertiary/aromatic N) is 1. The van der Waals surface area contributed by atoms with Crippen molar-refractivity contribution in [1.82, 2.24) is 5.32 Å². The monoisotopic (exact) mass is 602 g/mol. The third-order valence-electron chi connectivity index (χ3n) is 5.63. The number of amides is 4. The number of carbonyl (C=O) groups is 3. The van der Waals surface area contributed by atoms with Gasteiger partial charge in [-0.2, -0.15) is 0 Å². The molecular weight excluding hydrogens is 583 g/mol. The van der Waals surface area contributed by atoms with Crippen molar-refractivity contribution < 1.29 is 23.9 Å². The van der Waals surface area contributed by atoms with E-state index in [1.807, 2.05) is 19.1 Å². The minimum Gasteiger partial charge on any atom is -0.493 e. The number of nitrogens with one attached hydrogen (secondary N) is 1. The van der Waals surface area contributed by atoms with Gasteiger partial charge in [-0.25, -0.2) is 9.69 Å². The fourth-order valence-electron chi connectivity index (χ4n) is 3.69. The number of anilines is 1. The van der Waals surface area contributed by atoms with Gasteiger partial charge in [-0.3, -0.25) is 14.9 Å². The first-order valence-corrected chi connectivity index (χ1v) is 12.7. The van der Waals surface area contributed by atoms with Crippen LogP contribution in [0.5, 0.6) is 11.5 Å². The average Bonchev–Trinajstić information content (AvgIpc) is 2.88. The number of aryl methyl sites for hydroxylation is 1. The zero-order valence-electron chi connectivity index (χ0n) is 19.8. The topological polar surface area (TPSA) is 84.9 Å². The van der Waals surface area contributed by atoms with Crippen molar-refractivity contribution in [2.24, 2.45) is 0 Å². The number of rotatable bonds is 7. The summed E-state index contributed by atoms with van der Waals surface area (Å²) in [5.74, 6) is -0.726. The highest BCUT2D eigenvalue weighted by molar-refractivity contribution is 9.10. The van der Waals surface area contributed by atoms with Gasteiger partial charge in [0.2, 0.25) is 0 Å². The quantitative estimate of drug-likeness (QED) is 0.244. The normalized spacial score (nSPS) is 14.7. The van der Waals surface area contributed by atoms with Gasteiger partial charge in [-0.05, 0) is 81.5 Å². The molecule has 190 valence electrons. The van der Waals surface area contributed by atoms with Crippen molar-refractivity contribution in [3.05, 3.63) is 91.4 Å². The number of benzene rings is 3. The summed E-state index contributed by atoms with van der Waals surface area (Å²) in [6.45, 7) is 2.20. The van der Waals surface area contributed by atoms with Crippen LogP contribution in [0.15, 0.2) is 64.6 Å². The van der Waals surface area contributed by atoms with Crippen molar-refractivity contribution in [3.8, 4) is 11.5 Å². The SMILES string of the molecule is CCc1ccc(N2C(=O)NC(=O)/C(=C/c3cc(Br)c(OCc4ccc(Cl)c(Cl)c4)c(OC)c3)C2=O)cc1. The molecule has 0 unspecified atom stereocenters. The molecule has 3 aromatic carbocycles. The van der Waals surface area contributed by atoms with Gasteiger partial charge in [-0.1, -0.05) is 48.3 Å². The van der Waals surface area contributed by atoms with Crippen LogP contribution in [0.2, 0.25) is 10.0 Å². The fourth-order valence-corrected chi connectivity index (χ4v) is 4.58. The summed E-state index contributed by atoms with van der Waals surface area (Å²) in [5, 5.41) is 3.09. The van der Waals surface area contributed by atoms with Crippen molar-refractivity contribution in [1.29, 1.82) is 0 Å². The molecular formula is C27H21BrCl2N2O5. The zero-order valence-corrected chi connectivity index (χ0v) is 22.9. The van der Waals surface area contributed by atoms with Crippen LogP contribution in [0.1, 0.15) is 23.6 Å². The molecule has 0 radical (unpaired) electrons. The van der Waals surface area contributed by atoms with Gasteiger partial charge >= 0.3 is 6.03 Å². The van der Waals surface area contributed by atoms with Gasteiger partial charge < -0.3 is 9.47 Å². The number of methoxy groups -OCH3 is 1. The smallest absolute Gasteiger partial charge is 0.335 e. The number of barbiturate groups is 1. The van der Waals surface area contributed by atoms with Crippen LogP contribution in [0.25, 0.3) is 6.08 Å². The van der Waals surface area contributed by atoms with Crippen molar-refractivity contribution in [2.75, 3.05) is 12.0 Å². The lowest BCUT2D eigenvalue weighted by Crippen LogP contribution is -2.54. The van der Waals surface area contributed by atoms with Gasteiger partial charge in [0.25, 0.3) is 11.8 Å². The van der Waals surface area contributed by atoms with E-state index in [4.69, 9.17) is 32.7 Å². The summed E-state index contributed by atoms with van der Waals surface area (Å²) < 4.78 is 12.0. The maximum atomic E-state index is 13.2. The minimum absolute atomic E-state index is 0.196. The predicted molar refractivity (Wildman–Crippen MR) is 146 cm³/mol. The van der Waals surface area contributed by atoms with Crippen LogP contribution in [-0.2, 0) is 22.6 Å². The van der Waals surface area contributed by atoms with Crippen LogP contribution in [-0.4, -0.2) is 25.0 Å². The van der Waals surface area contributed by atoms with Crippen molar-refractivity contribution in [3.63, 3.8) is 0 Å². The predicted octanol–water partition coefficient (Wildman–Crippen LogP) is 6.57. The van der Waals surface area contributed by atoms with Gasteiger partial charge in [0, 0.05) is 0 Å². The Morgan fingerprint density at radius 3 is 2.32 bits per heavy atom. The molecule has 4 amide bonds. The van der Waals surface area contributed by atoms with E-state index in [9.17, 15) is 14.4 Å². The molecule has 0 aliphatic carbocycles. The lowest BCUT2D eigenvalue weighted by molar-refractivity contribution is -0.122. The van der Waals surface area contributed by atoms with E-state index in [0.717, 1.165) is 22.4 Å². The fraction of sp³-hybridized carbons (Fsp3) is 0.148. The summed E-state index contributed by atoms with van der Waals surface area (Å²) in [4.78, 5) is 39.2. The molecule has 1 aliphatic heterocycles. The van der Waals surface area contributed by atoms with Crippen LogP contribution < -0.4 is 19.7 Å². The van der Waals surface area contributed by atoms with E-state index in [-0.39, 0.29) is 12.2 Å². The lowest BCUT2D eigenvalue weighted by Gasteiger charge is -2.26. The Hall–Kier alpha value is -3.33. The molecule has 1 aliphatic rings. The van der Waals surface area contributed by atoms with Gasteiger partial charge in [0.05, 0.1) is 27.3 Å². The van der Waals surface area contributed by atoms with Crippen LogP contribution in [0.3, 0.4) is 0 Å². The number of hydrogen-bond acceptors (Lipinski definition) is 5. The van der Waals surface area contributed by atoms with E-state index in [0.29, 0.717) is 37.3 Å². The summed E-state index contributed by atoms with van der Waals surface area (Å²) >= 11 is 15.5. The molecule has 37 heavy (non-hydrogen) atoms. The van der Waals surface area contributed by atoms with E-state index in [1.165, 1.54) is 13.2 Å². The molecule has 4 rings (SSSR count). The van der Waals surface area contributed by atoms with E-state index in [2.05, 4.69) is 21.2 Å². The highest BCUT2D eigenvalue weighted by Gasteiger charge is 2.36. The van der Waals surface area contributed by atoms with Crippen molar-refractivity contribution in [2.45, 2.75) is 20.0 Å². The Labute approximate surface area is 232 Å². The Morgan fingerprint density at radius 1 is 0.973 bits per heavy atom. The first-order valence-electron chi connectivity index (χ1n) is 11.2. The van der Waals surface area contributed by atoms with Gasteiger partial charge in [0.15, 0.2) is 11.5 Å². The van der Waals surface area contributed by atoms with E-state index >= 15 is 0 Å². The van der Waals surface area contributed by atoms with Crippen LogP contribution >= 0.6 is 39.1 Å². The van der Waals surface area contributed by atoms with Crippen LogP contribution in [0.4, 0.5) is 10.5 Å². The third kappa shape index (κ3) is 5.82. The highest BCUT2D eigenvalue weighted by atomic mass is 79.9. The van der Waals surface area contributed by atoms with E-state index < -0.39 is 17.8 Å². The Balaban J connectivity index is 1.62. The largest absolute Gasteiger partial charge is 0.493 e. The molecule has 0 saturated carbocycles. The molecule has 1 heterocycles. The first kappa shape index (κ1) is 26.7. The zero-order chi connectivity index (χ0) is 26.7. The molecule has 0 aromatic heterocycles. The molecule has 10 heteroatoms. The molecule has 7 nitrogen and oxygen atoms in total. The summed E-state index contributed by atoms with van der Waals surface area (Å²) in [6.07, 6.45) is 2.21. The molecule has 1 N–H and O–H groups in total. The summed E-state index contributed by atoms with van der Waals surface area (Å²) in [6, 6.07) is 14.7. The Bertz CT molecular complexity index is 1420. The maximum Gasteiger partial charge on any atom is 0.335 e. The number of ether oxygens (including phenoxy) is 2. The Morgan fingerprint density at radius 2 is 1.68 bits per heavy atom. The standard InChI is InChI=1S/C27H21BrCl2N2O5/c1-3-15-4-7-18(8-5-15)32-26(34)19(25(33)31-27(32)35)10-17-11-20(28)24(23(13-17)36-2)37-14-16-6-9-21(29)22(30)12-16/h4-13H,3,14H2,1-2H3,(H,31,33,35)/b19-10-. The first-order chi connectivity index (χ1) is 17.7. The molecule has 0 spiro atoms. The van der Waals surface area contributed by atoms with E-state index in [1.54, 1.807) is 42.5 Å². The summed E-state index contributed by atoms with van der Waals surface area (Å²) in [5.41, 5.74) is 2.51. The van der Waals surface area contributed by atoms with Gasteiger partial charge in [-0.15, -0.1) is 0 Å². The second kappa shape index (κ2) is 11.4. The second-order valence-corrected chi connectivity index (χ2v) is 9.72. The average molecular weight is 604 g/mol. The second-order valence-electron chi connectivity index (χ2n) is 8.05.